The Bertz CT molecular complexity index is 1340. The molecule has 9 heteroatoms. The van der Waals surface area contributed by atoms with Crippen molar-refractivity contribution >= 4 is 46.3 Å². The predicted octanol–water partition coefficient (Wildman–Crippen LogP) is 4.67. The normalized spacial score (nSPS) is 17.2. The number of pyridine rings is 1. The van der Waals surface area contributed by atoms with Gasteiger partial charge in [-0.3, -0.25) is 9.59 Å². The summed E-state index contributed by atoms with van der Waals surface area (Å²) >= 11 is 2.32. The number of carbonyl (C=O) groups excluding carboxylic acids is 2. The van der Waals surface area contributed by atoms with Gasteiger partial charge in [0.1, 0.15) is 11.9 Å². The number of nitrogens with zero attached hydrogens (tertiary/aromatic N) is 4. The van der Waals surface area contributed by atoms with Crippen LogP contribution < -0.4 is 4.90 Å². The highest BCUT2D eigenvalue weighted by Gasteiger charge is 2.38. The number of carbonyl (C=O) groups is 2. The molecule has 3 heterocycles. The maximum absolute atomic E-state index is 14.2. The van der Waals surface area contributed by atoms with Crippen LogP contribution in [-0.4, -0.2) is 85.2 Å². The number of ether oxygens (including phenoxy) is 2. The monoisotopic (exact) mass is 680 g/mol. The van der Waals surface area contributed by atoms with E-state index < -0.39 is 6.04 Å². The molecule has 2 amide bonds. The van der Waals surface area contributed by atoms with Gasteiger partial charge in [0.2, 0.25) is 11.8 Å². The molecule has 0 radical (unpaired) electrons. The zero-order valence-corrected chi connectivity index (χ0v) is 26.1. The fourth-order valence-corrected chi connectivity index (χ4v) is 6.26. The first-order valence-corrected chi connectivity index (χ1v) is 15.6. The van der Waals surface area contributed by atoms with Crippen molar-refractivity contribution in [3.8, 4) is 0 Å². The Kier molecular flexibility index (Phi) is 10.6. The molecule has 220 valence electrons. The second-order valence-corrected chi connectivity index (χ2v) is 11.9. The first-order valence-electron chi connectivity index (χ1n) is 14.4. The van der Waals surface area contributed by atoms with E-state index in [0.717, 1.165) is 41.2 Å². The average molecular weight is 681 g/mol. The van der Waals surface area contributed by atoms with Gasteiger partial charge in [-0.1, -0.05) is 88.8 Å². The molecule has 0 N–H and O–H groups in total. The van der Waals surface area contributed by atoms with Gasteiger partial charge >= 0.3 is 0 Å². The third-order valence-electron chi connectivity index (χ3n) is 7.58. The Morgan fingerprint density at radius 2 is 1.60 bits per heavy atom. The quantitative estimate of drug-likeness (QED) is 0.186. The minimum absolute atomic E-state index is 0.0727. The zero-order chi connectivity index (χ0) is 29.3. The first-order chi connectivity index (χ1) is 20.5. The van der Waals surface area contributed by atoms with E-state index in [-0.39, 0.29) is 22.3 Å². The highest BCUT2D eigenvalue weighted by atomic mass is 127. The SMILES string of the molecule is Cc1ccc(C=CC(=O)N(Cc2ccc(N3CCOCC3)nc2)C(C(=O)N2CCOCC2)C(I)c2ccccc2)cc1. The third kappa shape index (κ3) is 7.76. The van der Waals surface area contributed by atoms with Crippen molar-refractivity contribution in [2.45, 2.75) is 23.4 Å². The summed E-state index contributed by atoms with van der Waals surface area (Å²) in [6.07, 6.45) is 5.21. The molecule has 2 saturated heterocycles. The molecule has 2 atom stereocenters. The zero-order valence-electron chi connectivity index (χ0n) is 23.9. The van der Waals surface area contributed by atoms with Gasteiger partial charge in [0.05, 0.1) is 30.4 Å². The van der Waals surface area contributed by atoms with E-state index in [9.17, 15) is 9.59 Å². The summed E-state index contributed by atoms with van der Waals surface area (Å²) in [6.45, 7) is 7.23. The molecule has 0 bridgehead atoms. The molecular weight excluding hydrogens is 643 g/mol. The van der Waals surface area contributed by atoms with Gasteiger partial charge < -0.3 is 24.2 Å². The molecule has 2 aliphatic heterocycles. The van der Waals surface area contributed by atoms with Crippen LogP contribution in [0.4, 0.5) is 5.82 Å². The van der Waals surface area contributed by atoms with Gasteiger partial charge in [0.15, 0.2) is 0 Å². The standard InChI is InChI=1S/C33H37IN4O4/c1-25-7-9-26(10-8-25)12-14-30(39)38(24-27-11-13-29(35-23-27)36-15-19-41-20-16-36)32(31(34)28-5-3-2-4-6-28)33(40)37-17-21-42-22-18-37/h2-14,23,31-32H,15-22,24H2,1H3. The lowest BCUT2D eigenvalue weighted by molar-refractivity contribution is -0.147. The number of aryl methyl sites for hydroxylation is 1. The number of alkyl halides is 1. The van der Waals surface area contributed by atoms with Crippen LogP contribution in [0, 0.1) is 6.92 Å². The molecule has 2 fully saturated rings. The van der Waals surface area contributed by atoms with Gasteiger partial charge in [-0.25, -0.2) is 4.98 Å². The van der Waals surface area contributed by atoms with Gasteiger partial charge in [-0.15, -0.1) is 0 Å². The lowest BCUT2D eigenvalue weighted by Gasteiger charge is -2.38. The van der Waals surface area contributed by atoms with Crippen LogP contribution in [0.2, 0.25) is 0 Å². The van der Waals surface area contributed by atoms with Gasteiger partial charge in [0.25, 0.3) is 0 Å². The Balaban J connectivity index is 1.48. The van der Waals surface area contributed by atoms with Crippen LogP contribution in [0.25, 0.3) is 6.08 Å². The molecular formula is C33H37IN4O4. The smallest absolute Gasteiger partial charge is 0.247 e. The number of hydrogen-bond acceptors (Lipinski definition) is 6. The van der Waals surface area contributed by atoms with Crippen molar-refractivity contribution in [2.24, 2.45) is 0 Å². The lowest BCUT2D eigenvalue weighted by Crippen LogP contribution is -2.54. The number of halogens is 1. The molecule has 0 aliphatic carbocycles. The summed E-state index contributed by atoms with van der Waals surface area (Å²) in [5.74, 6) is 0.588. The van der Waals surface area contributed by atoms with Gasteiger partial charge in [-0.05, 0) is 35.8 Å². The van der Waals surface area contributed by atoms with Crippen LogP contribution in [-0.2, 0) is 25.6 Å². The average Bonchev–Trinajstić information content (AvgIpc) is 3.05. The van der Waals surface area contributed by atoms with E-state index in [0.29, 0.717) is 39.5 Å². The lowest BCUT2D eigenvalue weighted by atomic mass is 10.0. The molecule has 3 aromatic rings. The van der Waals surface area contributed by atoms with Gasteiger partial charge in [0, 0.05) is 45.0 Å². The van der Waals surface area contributed by atoms with Crippen LogP contribution in [0.5, 0.6) is 0 Å². The Hall–Kier alpha value is -3.28. The number of rotatable bonds is 9. The molecule has 2 aliphatic rings. The van der Waals surface area contributed by atoms with Crippen molar-refractivity contribution in [2.75, 3.05) is 57.5 Å². The summed E-state index contributed by atoms with van der Waals surface area (Å²) in [5.41, 5.74) is 3.93. The van der Waals surface area contributed by atoms with Crippen molar-refractivity contribution in [3.05, 3.63) is 101 Å². The first kappa shape index (κ1) is 30.2. The highest BCUT2D eigenvalue weighted by Crippen LogP contribution is 2.33. The maximum Gasteiger partial charge on any atom is 0.247 e. The molecule has 2 aromatic carbocycles. The maximum atomic E-state index is 14.2. The molecule has 8 nitrogen and oxygen atoms in total. The largest absolute Gasteiger partial charge is 0.378 e. The van der Waals surface area contributed by atoms with E-state index in [1.165, 1.54) is 0 Å². The van der Waals surface area contributed by atoms with E-state index in [1.54, 1.807) is 11.0 Å². The minimum atomic E-state index is -0.722. The van der Waals surface area contributed by atoms with Crippen LogP contribution in [0.3, 0.4) is 0 Å². The molecule has 0 spiro atoms. The topological polar surface area (TPSA) is 75.2 Å². The van der Waals surface area contributed by atoms with Crippen LogP contribution in [0.1, 0.15) is 26.2 Å². The predicted molar refractivity (Wildman–Crippen MR) is 172 cm³/mol. The summed E-state index contributed by atoms with van der Waals surface area (Å²) in [4.78, 5) is 38.7. The van der Waals surface area contributed by atoms with Crippen LogP contribution >= 0.6 is 22.6 Å². The molecule has 5 rings (SSSR count). The third-order valence-corrected chi connectivity index (χ3v) is 8.98. The van der Waals surface area contributed by atoms with Crippen molar-refractivity contribution in [1.29, 1.82) is 0 Å². The number of hydrogen-bond donors (Lipinski definition) is 0. The molecule has 2 unspecified atom stereocenters. The number of anilines is 1. The number of morpholine rings is 2. The molecule has 42 heavy (non-hydrogen) atoms. The van der Waals surface area contributed by atoms with E-state index in [1.807, 2.05) is 90.8 Å². The summed E-state index contributed by atoms with van der Waals surface area (Å²) < 4.78 is 10.7. The van der Waals surface area contributed by atoms with Crippen molar-refractivity contribution in [3.63, 3.8) is 0 Å². The molecule has 0 saturated carbocycles. The fraction of sp³-hybridized carbons (Fsp3) is 0.364. The Morgan fingerprint density at radius 1 is 0.929 bits per heavy atom. The number of amides is 2. The minimum Gasteiger partial charge on any atom is -0.378 e. The second-order valence-electron chi connectivity index (χ2n) is 10.5. The highest BCUT2D eigenvalue weighted by molar-refractivity contribution is 14.1. The van der Waals surface area contributed by atoms with E-state index >= 15 is 0 Å². The Labute approximate surface area is 261 Å². The Morgan fingerprint density at radius 3 is 2.24 bits per heavy atom. The van der Waals surface area contributed by atoms with Crippen molar-refractivity contribution < 1.29 is 19.1 Å². The van der Waals surface area contributed by atoms with E-state index in [2.05, 4.69) is 27.5 Å². The fourth-order valence-electron chi connectivity index (χ4n) is 5.15. The summed E-state index contributed by atoms with van der Waals surface area (Å²) in [5, 5.41) is 0. The van der Waals surface area contributed by atoms with Crippen LogP contribution in [0.15, 0.2) is 79.0 Å². The number of aromatic nitrogens is 1. The summed E-state index contributed by atoms with van der Waals surface area (Å²) in [7, 11) is 0. The van der Waals surface area contributed by atoms with Gasteiger partial charge in [-0.2, -0.15) is 0 Å². The number of benzene rings is 2. The summed E-state index contributed by atoms with van der Waals surface area (Å²) in [6, 6.07) is 21.2. The molecule has 1 aromatic heterocycles. The van der Waals surface area contributed by atoms with Crippen molar-refractivity contribution in [1.82, 2.24) is 14.8 Å². The van der Waals surface area contributed by atoms with E-state index in [4.69, 9.17) is 14.5 Å². The second kappa shape index (κ2) is 14.8.